The lowest BCUT2D eigenvalue weighted by Gasteiger charge is -2.35. The third kappa shape index (κ3) is 3.33. The van der Waals surface area contributed by atoms with Gasteiger partial charge in [-0.15, -0.1) is 0 Å². The predicted octanol–water partition coefficient (Wildman–Crippen LogP) is 6.34. The van der Waals surface area contributed by atoms with E-state index >= 15 is 0 Å². The fraction of sp³-hybridized carbons (Fsp3) is 0.348. The molecule has 0 aliphatic heterocycles. The highest BCUT2D eigenvalue weighted by Gasteiger charge is 2.34. The summed E-state index contributed by atoms with van der Waals surface area (Å²) in [5, 5.41) is 10.3. The molecule has 25 heavy (non-hydrogen) atoms. The standard InChI is InChI=1S/C21H22N2.C2H6/c1-14(2)21(4,17-8-5-15(3)6-9-17)19-13-23-20-11-16(12-22)7-10-18(19)20;1-2/h5-11,13-14,23H,1-4H3;1-2H3. The second-order valence-corrected chi connectivity index (χ2v) is 6.80. The van der Waals surface area contributed by atoms with E-state index in [1.54, 1.807) is 0 Å². The summed E-state index contributed by atoms with van der Waals surface area (Å²) in [4.78, 5) is 3.35. The van der Waals surface area contributed by atoms with Gasteiger partial charge in [0.2, 0.25) is 0 Å². The maximum absolute atomic E-state index is 9.09. The van der Waals surface area contributed by atoms with Crippen molar-refractivity contribution in [1.82, 2.24) is 4.98 Å². The summed E-state index contributed by atoms with van der Waals surface area (Å²) in [5.74, 6) is 0.444. The first-order valence-corrected chi connectivity index (χ1v) is 9.05. The van der Waals surface area contributed by atoms with Crippen molar-refractivity contribution in [2.45, 2.75) is 47.0 Å². The molecule has 1 unspecified atom stereocenters. The second-order valence-electron chi connectivity index (χ2n) is 6.80. The summed E-state index contributed by atoms with van der Waals surface area (Å²) in [7, 11) is 0. The van der Waals surface area contributed by atoms with Crippen LogP contribution in [0.5, 0.6) is 0 Å². The Morgan fingerprint density at radius 3 is 2.24 bits per heavy atom. The Morgan fingerprint density at radius 2 is 1.68 bits per heavy atom. The van der Waals surface area contributed by atoms with Crippen molar-refractivity contribution < 1.29 is 0 Å². The Bertz CT molecular complexity index is 879. The Kier molecular flexibility index (Phi) is 5.69. The lowest BCUT2D eigenvalue weighted by Crippen LogP contribution is -2.29. The van der Waals surface area contributed by atoms with Gasteiger partial charge < -0.3 is 4.98 Å². The fourth-order valence-electron chi connectivity index (χ4n) is 3.33. The van der Waals surface area contributed by atoms with Gasteiger partial charge in [-0.05, 0) is 36.1 Å². The van der Waals surface area contributed by atoms with Crippen molar-refractivity contribution in [3.8, 4) is 6.07 Å². The third-order valence-corrected chi connectivity index (χ3v) is 5.18. The quantitative estimate of drug-likeness (QED) is 0.597. The maximum Gasteiger partial charge on any atom is 0.0992 e. The van der Waals surface area contributed by atoms with E-state index in [0.29, 0.717) is 11.5 Å². The van der Waals surface area contributed by atoms with Gasteiger partial charge in [0.25, 0.3) is 0 Å². The van der Waals surface area contributed by atoms with Gasteiger partial charge >= 0.3 is 0 Å². The minimum Gasteiger partial charge on any atom is -0.361 e. The lowest BCUT2D eigenvalue weighted by molar-refractivity contribution is 0.408. The number of aryl methyl sites for hydroxylation is 1. The fourth-order valence-corrected chi connectivity index (χ4v) is 3.33. The van der Waals surface area contributed by atoms with Crippen molar-refractivity contribution in [3.05, 3.63) is 70.9 Å². The highest BCUT2D eigenvalue weighted by atomic mass is 14.7. The number of rotatable bonds is 3. The number of fused-ring (bicyclic) bond motifs is 1. The average Bonchev–Trinajstić information content (AvgIpc) is 3.06. The minimum atomic E-state index is -0.0832. The van der Waals surface area contributed by atoms with Crippen LogP contribution in [0.15, 0.2) is 48.7 Å². The molecule has 0 saturated heterocycles. The average molecular weight is 332 g/mol. The van der Waals surface area contributed by atoms with Crippen LogP contribution in [-0.2, 0) is 5.41 Å². The number of aromatic amines is 1. The Morgan fingerprint density at radius 1 is 1.04 bits per heavy atom. The number of benzene rings is 2. The van der Waals surface area contributed by atoms with E-state index in [4.69, 9.17) is 5.26 Å². The number of H-pyrrole nitrogens is 1. The monoisotopic (exact) mass is 332 g/mol. The van der Waals surface area contributed by atoms with Gasteiger partial charge in [0.05, 0.1) is 11.6 Å². The molecular formula is C23H28N2. The zero-order chi connectivity index (χ0) is 18.6. The van der Waals surface area contributed by atoms with E-state index in [1.807, 2.05) is 26.0 Å². The molecule has 130 valence electrons. The largest absolute Gasteiger partial charge is 0.361 e. The molecule has 0 spiro atoms. The van der Waals surface area contributed by atoms with Crippen LogP contribution in [0.3, 0.4) is 0 Å². The zero-order valence-electron chi connectivity index (χ0n) is 16.1. The molecular weight excluding hydrogens is 304 g/mol. The molecule has 2 nitrogen and oxygen atoms in total. The summed E-state index contributed by atoms with van der Waals surface area (Å²) in [6.45, 7) is 13.0. The van der Waals surface area contributed by atoms with Crippen molar-refractivity contribution in [1.29, 1.82) is 5.26 Å². The van der Waals surface area contributed by atoms with Gasteiger partial charge in [0.1, 0.15) is 0 Å². The molecule has 0 aliphatic carbocycles. The van der Waals surface area contributed by atoms with E-state index < -0.39 is 0 Å². The van der Waals surface area contributed by atoms with Crippen LogP contribution in [0.25, 0.3) is 10.9 Å². The molecule has 3 aromatic rings. The molecule has 3 rings (SSSR count). The topological polar surface area (TPSA) is 39.6 Å². The van der Waals surface area contributed by atoms with E-state index in [1.165, 1.54) is 22.1 Å². The third-order valence-electron chi connectivity index (χ3n) is 5.18. The van der Waals surface area contributed by atoms with Gasteiger partial charge in [-0.25, -0.2) is 0 Å². The van der Waals surface area contributed by atoms with E-state index in [-0.39, 0.29) is 5.41 Å². The highest BCUT2D eigenvalue weighted by molar-refractivity contribution is 5.86. The first-order valence-electron chi connectivity index (χ1n) is 9.05. The van der Waals surface area contributed by atoms with Crippen LogP contribution in [0.2, 0.25) is 0 Å². The lowest BCUT2D eigenvalue weighted by atomic mass is 9.68. The molecule has 2 aromatic carbocycles. The molecule has 2 heteroatoms. The minimum absolute atomic E-state index is 0.0832. The first kappa shape index (κ1) is 18.8. The molecule has 1 atom stereocenters. The summed E-state index contributed by atoms with van der Waals surface area (Å²) in [6, 6.07) is 16.9. The highest BCUT2D eigenvalue weighted by Crippen LogP contribution is 2.42. The van der Waals surface area contributed by atoms with Crippen LogP contribution < -0.4 is 0 Å². The molecule has 0 amide bonds. The van der Waals surface area contributed by atoms with Crippen LogP contribution >= 0.6 is 0 Å². The van der Waals surface area contributed by atoms with Gasteiger partial charge in [-0.2, -0.15) is 5.26 Å². The van der Waals surface area contributed by atoms with Gasteiger partial charge in [-0.3, -0.25) is 0 Å². The molecule has 0 saturated carbocycles. The predicted molar refractivity (Wildman–Crippen MR) is 107 cm³/mol. The van der Waals surface area contributed by atoms with E-state index in [0.717, 1.165) is 5.52 Å². The molecule has 1 heterocycles. The van der Waals surface area contributed by atoms with Crippen LogP contribution in [0.1, 0.15) is 56.9 Å². The number of nitrogens with zero attached hydrogens (tertiary/aromatic N) is 1. The molecule has 0 radical (unpaired) electrons. The van der Waals surface area contributed by atoms with Gasteiger partial charge in [0.15, 0.2) is 0 Å². The molecule has 1 N–H and O–H groups in total. The molecule has 0 fully saturated rings. The van der Waals surface area contributed by atoms with Gasteiger partial charge in [-0.1, -0.05) is 70.5 Å². The van der Waals surface area contributed by atoms with Crippen molar-refractivity contribution in [2.24, 2.45) is 5.92 Å². The zero-order valence-corrected chi connectivity index (χ0v) is 16.1. The van der Waals surface area contributed by atoms with Crippen LogP contribution in [0.4, 0.5) is 0 Å². The maximum atomic E-state index is 9.09. The smallest absolute Gasteiger partial charge is 0.0992 e. The van der Waals surface area contributed by atoms with Crippen molar-refractivity contribution >= 4 is 10.9 Å². The van der Waals surface area contributed by atoms with E-state index in [9.17, 15) is 0 Å². The van der Waals surface area contributed by atoms with Crippen LogP contribution in [0, 0.1) is 24.2 Å². The van der Waals surface area contributed by atoms with E-state index in [2.05, 4.69) is 75.3 Å². The number of nitriles is 1. The van der Waals surface area contributed by atoms with Gasteiger partial charge in [0, 0.05) is 22.5 Å². The first-order chi connectivity index (χ1) is 12.0. The number of hydrogen-bond donors (Lipinski definition) is 1. The Hall–Kier alpha value is -2.53. The summed E-state index contributed by atoms with van der Waals surface area (Å²) in [5.41, 5.74) is 5.52. The number of hydrogen-bond acceptors (Lipinski definition) is 1. The molecule has 1 aromatic heterocycles. The number of nitrogens with one attached hydrogen (secondary N) is 1. The second kappa shape index (κ2) is 7.57. The SMILES string of the molecule is CC.Cc1ccc(C(C)(c2c[nH]c3cc(C#N)ccc23)C(C)C)cc1. The number of aromatic nitrogens is 1. The van der Waals surface area contributed by atoms with Crippen LogP contribution in [-0.4, -0.2) is 4.98 Å². The summed E-state index contributed by atoms with van der Waals surface area (Å²) in [6.07, 6.45) is 2.10. The molecule has 0 bridgehead atoms. The molecule has 0 aliphatic rings. The summed E-state index contributed by atoms with van der Waals surface area (Å²) >= 11 is 0. The Balaban J connectivity index is 0.00000109. The normalized spacial score (nSPS) is 13.0. The van der Waals surface area contributed by atoms with Crippen molar-refractivity contribution in [2.75, 3.05) is 0 Å². The van der Waals surface area contributed by atoms with Crippen molar-refractivity contribution in [3.63, 3.8) is 0 Å². The Labute approximate surface area is 151 Å². The summed E-state index contributed by atoms with van der Waals surface area (Å²) < 4.78 is 0.